The standard InChI is InChI=1S/C17H24ClFO/c1-11(2)14-6-4-12(3)9-17(14,20)10-13-5-7-15(18)16(19)8-13/h5,7-8,11-12,14,20H,4,6,9-10H2,1-3H3. The molecule has 1 aromatic rings. The first-order chi connectivity index (χ1) is 9.32. The molecule has 0 bridgehead atoms. The van der Waals surface area contributed by atoms with E-state index in [1.165, 1.54) is 12.5 Å². The lowest BCUT2D eigenvalue weighted by Gasteiger charge is -2.45. The summed E-state index contributed by atoms with van der Waals surface area (Å²) in [6, 6.07) is 4.85. The van der Waals surface area contributed by atoms with Crippen LogP contribution in [0.4, 0.5) is 4.39 Å². The lowest BCUT2D eigenvalue weighted by Crippen LogP contribution is -2.47. The molecule has 2 rings (SSSR count). The van der Waals surface area contributed by atoms with E-state index < -0.39 is 11.4 Å². The molecule has 1 N–H and O–H groups in total. The Morgan fingerprint density at radius 2 is 2.10 bits per heavy atom. The largest absolute Gasteiger partial charge is 0.389 e. The number of benzene rings is 1. The maximum Gasteiger partial charge on any atom is 0.142 e. The van der Waals surface area contributed by atoms with Gasteiger partial charge in [-0.1, -0.05) is 44.9 Å². The molecule has 1 saturated carbocycles. The summed E-state index contributed by atoms with van der Waals surface area (Å²) in [4.78, 5) is 0. The van der Waals surface area contributed by atoms with E-state index in [2.05, 4.69) is 20.8 Å². The Bertz CT molecular complexity index is 474. The number of halogens is 2. The van der Waals surface area contributed by atoms with E-state index in [-0.39, 0.29) is 10.9 Å². The van der Waals surface area contributed by atoms with Crippen molar-refractivity contribution in [2.24, 2.45) is 17.8 Å². The smallest absolute Gasteiger partial charge is 0.142 e. The van der Waals surface area contributed by atoms with Crippen molar-refractivity contribution in [1.29, 1.82) is 0 Å². The van der Waals surface area contributed by atoms with E-state index in [9.17, 15) is 9.50 Å². The van der Waals surface area contributed by atoms with Crippen LogP contribution in [0.5, 0.6) is 0 Å². The van der Waals surface area contributed by atoms with Crippen LogP contribution in [-0.2, 0) is 6.42 Å². The predicted molar refractivity (Wildman–Crippen MR) is 81.4 cm³/mol. The topological polar surface area (TPSA) is 20.2 Å². The van der Waals surface area contributed by atoms with Crippen molar-refractivity contribution in [3.63, 3.8) is 0 Å². The summed E-state index contributed by atoms with van der Waals surface area (Å²) in [6.07, 6.45) is 3.51. The second kappa shape index (κ2) is 6.03. The first kappa shape index (κ1) is 15.8. The minimum absolute atomic E-state index is 0.137. The Kier molecular flexibility index (Phi) is 4.76. The van der Waals surface area contributed by atoms with Gasteiger partial charge in [-0.15, -0.1) is 0 Å². The normalized spacial score (nSPS) is 30.8. The summed E-state index contributed by atoms with van der Waals surface area (Å²) < 4.78 is 13.6. The molecule has 0 radical (unpaired) electrons. The van der Waals surface area contributed by atoms with E-state index in [0.29, 0.717) is 18.3 Å². The fraction of sp³-hybridized carbons (Fsp3) is 0.647. The molecule has 3 atom stereocenters. The number of hydrogen-bond acceptors (Lipinski definition) is 1. The van der Waals surface area contributed by atoms with Crippen LogP contribution in [0.2, 0.25) is 5.02 Å². The first-order valence-electron chi connectivity index (χ1n) is 7.48. The third-order valence-electron chi connectivity index (χ3n) is 4.66. The fourth-order valence-corrected chi connectivity index (χ4v) is 3.87. The Morgan fingerprint density at radius 3 is 2.70 bits per heavy atom. The highest BCUT2D eigenvalue weighted by atomic mass is 35.5. The van der Waals surface area contributed by atoms with Crippen LogP contribution in [0.25, 0.3) is 0 Å². The van der Waals surface area contributed by atoms with Crippen molar-refractivity contribution in [2.75, 3.05) is 0 Å². The van der Waals surface area contributed by atoms with E-state index in [1.807, 2.05) is 6.07 Å². The quantitative estimate of drug-likeness (QED) is 0.846. The van der Waals surface area contributed by atoms with Crippen molar-refractivity contribution in [1.82, 2.24) is 0 Å². The van der Waals surface area contributed by atoms with Crippen LogP contribution in [0.15, 0.2) is 18.2 Å². The van der Waals surface area contributed by atoms with Crippen LogP contribution in [0.3, 0.4) is 0 Å². The van der Waals surface area contributed by atoms with Crippen LogP contribution >= 0.6 is 11.6 Å². The van der Waals surface area contributed by atoms with Gasteiger partial charge in [0, 0.05) is 6.42 Å². The highest BCUT2D eigenvalue weighted by molar-refractivity contribution is 6.30. The molecule has 0 spiro atoms. The Balaban J connectivity index is 2.24. The van der Waals surface area contributed by atoms with Gasteiger partial charge in [-0.2, -0.15) is 0 Å². The number of aliphatic hydroxyl groups is 1. The second-order valence-electron chi connectivity index (χ2n) is 6.77. The van der Waals surface area contributed by atoms with E-state index in [1.54, 1.807) is 6.07 Å². The van der Waals surface area contributed by atoms with Crippen LogP contribution in [0, 0.1) is 23.6 Å². The SMILES string of the molecule is CC1CCC(C(C)C)C(O)(Cc2ccc(Cl)c(F)c2)C1. The Labute approximate surface area is 126 Å². The first-order valence-corrected chi connectivity index (χ1v) is 7.86. The average molecular weight is 299 g/mol. The molecule has 0 heterocycles. The molecule has 3 unspecified atom stereocenters. The highest BCUT2D eigenvalue weighted by Gasteiger charge is 2.42. The zero-order chi connectivity index (χ0) is 14.9. The zero-order valence-electron chi connectivity index (χ0n) is 12.5. The molecule has 112 valence electrons. The van der Waals surface area contributed by atoms with Gasteiger partial charge in [0.25, 0.3) is 0 Å². The molecular formula is C17H24ClFO. The zero-order valence-corrected chi connectivity index (χ0v) is 13.3. The van der Waals surface area contributed by atoms with E-state index in [4.69, 9.17) is 11.6 Å². The van der Waals surface area contributed by atoms with E-state index in [0.717, 1.165) is 18.4 Å². The van der Waals surface area contributed by atoms with Gasteiger partial charge < -0.3 is 5.11 Å². The molecule has 0 aromatic heterocycles. The van der Waals surface area contributed by atoms with Crippen LogP contribution in [-0.4, -0.2) is 10.7 Å². The summed E-state index contributed by atoms with van der Waals surface area (Å²) >= 11 is 5.72. The lowest BCUT2D eigenvalue weighted by atomic mass is 9.65. The highest BCUT2D eigenvalue weighted by Crippen LogP contribution is 2.43. The van der Waals surface area contributed by atoms with E-state index >= 15 is 0 Å². The molecule has 1 aliphatic carbocycles. The molecule has 3 heteroatoms. The minimum atomic E-state index is -0.730. The van der Waals surface area contributed by atoms with Gasteiger partial charge in [0.1, 0.15) is 5.82 Å². The monoisotopic (exact) mass is 298 g/mol. The van der Waals surface area contributed by atoms with Gasteiger partial charge in [-0.25, -0.2) is 4.39 Å². The fourth-order valence-electron chi connectivity index (χ4n) is 3.75. The van der Waals surface area contributed by atoms with Crippen molar-refractivity contribution in [3.8, 4) is 0 Å². The molecule has 20 heavy (non-hydrogen) atoms. The third-order valence-corrected chi connectivity index (χ3v) is 4.97. The maximum absolute atomic E-state index is 13.6. The van der Waals surface area contributed by atoms with Crippen molar-refractivity contribution in [2.45, 2.75) is 52.1 Å². The Morgan fingerprint density at radius 1 is 1.40 bits per heavy atom. The molecule has 1 aliphatic rings. The lowest BCUT2D eigenvalue weighted by molar-refractivity contribution is -0.0795. The van der Waals surface area contributed by atoms with Gasteiger partial charge in [-0.05, 0) is 48.3 Å². The molecule has 0 saturated heterocycles. The van der Waals surface area contributed by atoms with Gasteiger partial charge >= 0.3 is 0 Å². The van der Waals surface area contributed by atoms with Crippen molar-refractivity contribution in [3.05, 3.63) is 34.6 Å². The van der Waals surface area contributed by atoms with Crippen molar-refractivity contribution >= 4 is 11.6 Å². The summed E-state index contributed by atoms with van der Waals surface area (Å²) in [6.45, 7) is 6.51. The maximum atomic E-state index is 13.6. The molecule has 0 amide bonds. The summed E-state index contributed by atoms with van der Waals surface area (Å²) in [5.74, 6) is 0.826. The average Bonchev–Trinajstić information content (AvgIpc) is 2.32. The van der Waals surface area contributed by atoms with Crippen LogP contribution in [0.1, 0.15) is 45.6 Å². The number of hydrogen-bond donors (Lipinski definition) is 1. The predicted octanol–water partition coefficient (Wildman–Crippen LogP) is 4.84. The molecule has 0 aliphatic heterocycles. The second-order valence-corrected chi connectivity index (χ2v) is 7.17. The van der Waals surface area contributed by atoms with Crippen LogP contribution < -0.4 is 0 Å². The van der Waals surface area contributed by atoms with Crippen molar-refractivity contribution < 1.29 is 9.50 Å². The number of rotatable bonds is 3. The van der Waals surface area contributed by atoms with Gasteiger partial charge in [0.2, 0.25) is 0 Å². The third kappa shape index (κ3) is 3.35. The minimum Gasteiger partial charge on any atom is -0.389 e. The summed E-state index contributed by atoms with van der Waals surface area (Å²) in [5, 5.41) is 11.3. The van der Waals surface area contributed by atoms with Gasteiger partial charge in [-0.3, -0.25) is 0 Å². The Hall–Kier alpha value is -0.600. The molecular weight excluding hydrogens is 275 g/mol. The molecule has 1 nitrogen and oxygen atoms in total. The summed E-state index contributed by atoms with van der Waals surface area (Å²) in [5.41, 5.74) is 0.0979. The summed E-state index contributed by atoms with van der Waals surface area (Å²) in [7, 11) is 0. The van der Waals surface area contributed by atoms with Gasteiger partial charge in [0.05, 0.1) is 10.6 Å². The molecule has 1 fully saturated rings. The molecule has 1 aromatic carbocycles. The van der Waals surface area contributed by atoms with Gasteiger partial charge in [0.15, 0.2) is 0 Å².